The molecule has 0 atom stereocenters. The summed E-state index contributed by atoms with van der Waals surface area (Å²) in [6.45, 7) is 4.25. The number of anilines is 2. The Balaban J connectivity index is 0.000000550. The molecule has 3 N–H and O–H groups in total. The molecule has 0 bridgehead atoms. The number of nitrogens with two attached hydrogens (primary N) is 1. The van der Waals surface area contributed by atoms with Gasteiger partial charge in [0.05, 0.1) is 5.02 Å². The van der Waals surface area contributed by atoms with Crippen molar-refractivity contribution in [2.45, 2.75) is 20.3 Å². The van der Waals surface area contributed by atoms with Crippen molar-refractivity contribution >= 4 is 23.2 Å². The quantitative estimate of drug-likeness (QED) is 0.876. The van der Waals surface area contributed by atoms with E-state index in [1.54, 1.807) is 18.5 Å². The Labute approximate surface area is 119 Å². The Bertz CT molecular complexity index is 529. The summed E-state index contributed by atoms with van der Waals surface area (Å²) < 4.78 is 0. The van der Waals surface area contributed by atoms with E-state index in [1.165, 1.54) is 6.42 Å². The molecule has 2 aromatic rings. The van der Waals surface area contributed by atoms with E-state index in [0.717, 1.165) is 16.9 Å². The average molecular weight is 279 g/mol. The standard InChI is InChI=1S/C11H11ClN4.C3H8/c1-14-11-7(3-2-4-15-11)8-5-10(13)16-6-9(8)12;1-3-2/h2-6H,1H3,(H2,13,16)(H,14,15);3H2,1-2H3. The molecule has 0 saturated carbocycles. The summed E-state index contributed by atoms with van der Waals surface area (Å²) in [5.41, 5.74) is 7.38. The molecule has 0 unspecified atom stereocenters. The van der Waals surface area contributed by atoms with Gasteiger partial charge < -0.3 is 11.1 Å². The molecular weight excluding hydrogens is 260 g/mol. The molecule has 0 aromatic carbocycles. The van der Waals surface area contributed by atoms with Crippen LogP contribution in [0, 0.1) is 0 Å². The van der Waals surface area contributed by atoms with Crippen molar-refractivity contribution < 1.29 is 0 Å². The number of nitrogens with one attached hydrogen (secondary N) is 1. The molecule has 2 rings (SSSR count). The molecule has 0 aliphatic heterocycles. The van der Waals surface area contributed by atoms with Crippen molar-refractivity contribution in [3.05, 3.63) is 35.6 Å². The highest BCUT2D eigenvalue weighted by molar-refractivity contribution is 6.33. The molecule has 0 aliphatic rings. The highest BCUT2D eigenvalue weighted by atomic mass is 35.5. The lowest BCUT2D eigenvalue weighted by Gasteiger charge is -2.09. The number of hydrogen-bond acceptors (Lipinski definition) is 4. The first-order valence-electron chi connectivity index (χ1n) is 6.18. The SMILES string of the molecule is CCC.CNc1ncccc1-c1cc(N)ncc1Cl. The van der Waals surface area contributed by atoms with Gasteiger partial charge in [-0.25, -0.2) is 9.97 Å². The highest BCUT2D eigenvalue weighted by Crippen LogP contribution is 2.32. The summed E-state index contributed by atoms with van der Waals surface area (Å²) in [7, 11) is 1.81. The normalized spacial score (nSPS) is 9.47. The zero-order valence-corrected chi connectivity index (χ0v) is 12.2. The molecule has 0 aliphatic carbocycles. The second-order valence-corrected chi connectivity index (χ2v) is 4.35. The summed E-state index contributed by atoms with van der Waals surface area (Å²) in [5.74, 6) is 1.19. The van der Waals surface area contributed by atoms with Crippen molar-refractivity contribution in [3.8, 4) is 11.1 Å². The van der Waals surface area contributed by atoms with Crippen molar-refractivity contribution in [3.63, 3.8) is 0 Å². The van der Waals surface area contributed by atoms with Gasteiger partial charge in [-0.2, -0.15) is 0 Å². The third-order valence-corrected chi connectivity index (χ3v) is 2.51. The van der Waals surface area contributed by atoms with Gasteiger partial charge in [0.25, 0.3) is 0 Å². The Morgan fingerprint density at radius 1 is 1.26 bits per heavy atom. The molecule has 0 spiro atoms. The van der Waals surface area contributed by atoms with Crippen molar-refractivity contribution in [1.29, 1.82) is 0 Å². The zero-order valence-electron chi connectivity index (χ0n) is 11.4. The Kier molecular flexibility index (Phi) is 6.09. The third kappa shape index (κ3) is 4.10. The van der Waals surface area contributed by atoms with E-state index >= 15 is 0 Å². The predicted molar refractivity (Wildman–Crippen MR) is 82.4 cm³/mol. The summed E-state index contributed by atoms with van der Waals surface area (Å²) in [4.78, 5) is 8.14. The number of hydrogen-bond donors (Lipinski definition) is 2. The van der Waals surface area contributed by atoms with Gasteiger partial charge in [0, 0.05) is 30.6 Å². The predicted octanol–water partition coefficient (Wildman–Crippen LogP) is 3.84. The van der Waals surface area contributed by atoms with E-state index in [1.807, 2.05) is 19.2 Å². The molecule has 5 heteroatoms. The molecule has 0 saturated heterocycles. The Morgan fingerprint density at radius 3 is 2.58 bits per heavy atom. The Hall–Kier alpha value is -1.81. The van der Waals surface area contributed by atoms with Crippen LogP contribution < -0.4 is 11.1 Å². The van der Waals surface area contributed by atoms with E-state index in [2.05, 4.69) is 29.1 Å². The lowest BCUT2D eigenvalue weighted by atomic mass is 10.1. The molecule has 4 nitrogen and oxygen atoms in total. The number of rotatable bonds is 2. The van der Waals surface area contributed by atoms with Crippen LogP contribution in [-0.4, -0.2) is 17.0 Å². The Morgan fingerprint density at radius 2 is 1.95 bits per heavy atom. The number of nitrogen functional groups attached to an aromatic ring is 1. The van der Waals surface area contributed by atoms with Gasteiger partial charge in [0.2, 0.25) is 0 Å². The third-order valence-electron chi connectivity index (χ3n) is 2.21. The molecule has 2 aromatic heterocycles. The fraction of sp³-hybridized carbons (Fsp3) is 0.286. The van der Waals surface area contributed by atoms with E-state index in [0.29, 0.717) is 10.8 Å². The maximum atomic E-state index is 6.09. The van der Waals surface area contributed by atoms with Crippen LogP contribution in [0.15, 0.2) is 30.6 Å². The van der Waals surface area contributed by atoms with Crippen LogP contribution in [0.4, 0.5) is 11.6 Å². The van der Waals surface area contributed by atoms with Crippen LogP contribution >= 0.6 is 11.6 Å². The van der Waals surface area contributed by atoms with E-state index in [9.17, 15) is 0 Å². The first kappa shape index (κ1) is 15.2. The number of halogens is 1. The van der Waals surface area contributed by atoms with Crippen LogP contribution in [-0.2, 0) is 0 Å². The molecule has 2 heterocycles. The van der Waals surface area contributed by atoms with Crippen LogP contribution in [0.1, 0.15) is 20.3 Å². The van der Waals surface area contributed by atoms with Crippen LogP contribution in [0.25, 0.3) is 11.1 Å². The van der Waals surface area contributed by atoms with Gasteiger partial charge in [-0.15, -0.1) is 0 Å². The number of nitrogens with zero attached hydrogens (tertiary/aromatic N) is 2. The van der Waals surface area contributed by atoms with Gasteiger partial charge in [0.15, 0.2) is 0 Å². The van der Waals surface area contributed by atoms with E-state index in [-0.39, 0.29) is 0 Å². The van der Waals surface area contributed by atoms with Crippen LogP contribution in [0.3, 0.4) is 0 Å². The fourth-order valence-corrected chi connectivity index (χ4v) is 1.69. The largest absolute Gasteiger partial charge is 0.384 e. The van der Waals surface area contributed by atoms with Crippen LogP contribution in [0.2, 0.25) is 5.02 Å². The molecular formula is C14H19ClN4. The summed E-state index contributed by atoms with van der Waals surface area (Å²) in [6, 6.07) is 5.52. The lowest BCUT2D eigenvalue weighted by Crippen LogP contribution is -1.97. The second-order valence-electron chi connectivity index (χ2n) is 3.95. The zero-order chi connectivity index (χ0) is 14.3. The summed E-state index contributed by atoms with van der Waals surface area (Å²) in [6.07, 6.45) is 4.51. The first-order valence-corrected chi connectivity index (χ1v) is 6.55. The van der Waals surface area contributed by atoms with E-state index < -0.39 is 0 Å². The second kappa shape index (κ2) is 7.59. The minimum absolute atomic E-state index is 0.435. The molecule has 102 valence electrons. The maximum Gasteiger partial charge on any atom is 0.133 e. The van der Waals surface area contributed by atoms with Gasteiger partial charge in [-0.1, -0.05) is 31.9 Å². The molecule has 19 heavy (non-hydrogen) atoms. The van der Waals surface area contributed by atoms with Gasteiger partial charge in [-0.3, -0.25) is 0 Å². The molecule has 0 fully saturated rings. The van der Waals surface area contributed by atoms with Gasteiger partial charge in [0.1, 0.15) is 11.6 Å². The topological polar surface area (TPSA) is 63.8 Å². The van der Waals surface area contributed by atoms with Crippen molar-refractivity contribution in [2.75, 3.05) is 18.1 Å². The maximum absolute atomic E-state index is 6.09. The van der Waals surface area contributed by atoms with Crippen LogP contribution in [0.5, 0.6) is 0 Å². The minimum Gasteiger partial charge on any atom is -0.384 e. The highest BCUT2D eigenvalue weighted by Gasteiger charge is 2.09. The minimum atomic E-state index is 0.435. The van der Waals surface area contributed by atoms with Gasteiger partial charge in [-0.05, 0) is 18.2 Å². The van der Waals surface area contributed by atoms with E-state index in [4.69, 9.17) is 17.3 Å². The first-order chi connectivity index (χ1) is 9.13. The number of pyridine rings is 2. The summed E-state index contributed by atoms with van der Waals surface area (Å²) >= 11 is 6.09. The van der Waals surface area contributed by atoms with Crippen molar-refractivity contribution in [1.82, 2.24) is 9.97 Å². The van der Waals surface area contributed by atoms with Gasteiger partial charge >= 0.3 is 0 Å². The molecule has 0 radical (unpaired) electrons. The average Bonchev–Trinajstić information content (AvgIpc) is 2.42. The number of aromatic nitrogens is 2. The fourth-order valence-electron chi connectivity index (χ4n) is 1.48. The smallest absolute Gasteiger partial charge is 0.133 e. The lowest BCUT2D eigenvalue weighted by molar-refractivity contribution is 1.09. The van der Waals surface area contributed by atoms with Crippen molar-refractivity contribution in [2.24, 2.45) is 0 Å². The monoisotopic (exact) mass is 278 g/mol. The molecule has 0 amide bonds. The summed E-state index contributed by atoms with van der Waals surface area (Å²) in [5, 5.41) is 3.56.